The molecule has 0 radical (unpaired) electrons. The van der Waals surface area contributed by atoms with Crippen LogP contribution in [0.25, 0.3) is 0 Å². The Labute approximate surface area is 148 Å². The van der Waals surface area contributed by atoms with Gasteiger partial charge in [0.25, 0.3) is 0 Å². The van der Waals surface area contributed by atoms with Crippen molar-refractivity contribution in [3.8, 4) is 0 Å². The maximum absolute atomic E-state index is 12.8. The van der Waals surface area contributed by atoms with Crippen molar-refractivity contribution in [3.05, 3.63) is 35.0 Å². The smallest absolute Gasteiger partial charge is 0.247 e. The lowest BCUT2D eigenvalue weighted by Gasteiger charge is -2.27. The van der Waals surface area contributed by atoms with Gasteiger partial charge in [0.2, 0.25) is 11.8 Å². The summed E-state index contributed by atoms with van der Waals surface area (Å²) in [4.78, 5) is 25.9. The maximum Gasteiger partial charge on any atom is 0.247 e. The number of nitrogens with one attached hydrogen (secondary N) is 2. The fourth-order valence-corrected chi connectivity index (χ4v) is 3.65. The number of hydroxylamine groups is 1. The Bertz CT molecular complexity index is 528. The highest BCUT2D eigenvalue weighted by molar-refractivity contribution is 7.09. The number of carbonyl (C=O) groups excluding carboxylic acids is 2. The third-order valence-corrected chi connectivity index (χ3v) is 4.79. The Balaban J connectivity index is 2.82. The summed E-state index contributed by atoms with van der Waals surface area (Å²) in [5.74, 6) is -1.55. The van der Waals surface area contributed by atoms with Gasteiger partial charge in [-0.15, -0.1) is 17.9 Å². The van der Waals surface area contributed by atoms with Gasteiger partial charge in [-0.1, -0.05) is 26.0 Å². The zero-order valence-electron chi connectivity index (χ0n) is 14.6. The molecule has 1 heterocycles. The highest BCUT2D eigenvalue weighted by atomic mass is 32.1. The van der Waals surface area contributed by atoms with Crippen LogP contribution in [0.2, 0.25) is 0 Å². The van der Waals surface area contributed by atoms with Gasteiger partial charge in [0.05, 0.1) is 11.8 Å². The fourth-order valence-electron chi connectivity index (χ4n) is 2.81. The van der Waals surface area contributed by atoms with Crippen LogP contribution in [0.4, 0.5) is 0 Å². The van der Waals surface area contributed by atoms with Crippen LogP contribution in [0, 0.1) is 17.8 Å². The van der Waals surface area contributed by atoms with Gasteiger partial charge < -0.3 is 5.32 Å². The molecule has 134 valence electrons. The van der Waals surface area contributed by atoms with Gasteiger partial charge >= 0.3 is 0 Å². The minimum absolute atomic E-state index is 0.0209. The van der Waals surface area contributed by atoms with E-state index in [0.29, 0.717) is 12.8 Å². The number of amides is 2. The molecule has 0 aliphatic heterocycles. The van der Waals surface area contributed by atoms with Crippen LogP contribution in [-0.2, 0) is 16.0 Å². The number of rotatable bonds is 10. The zero-order valence-corrected chi connectivity index (χ0v) is 15.4. The Morgan fingerprint density at radius 3 is 2.50 bits per heavy atom. The monoisotopic (exact) mass is 352 g/mol. The summed E-state index contributed by atoms with van der Waals surface area (Å²) in [5.41, 5.74) is 1.68. The highest BCUT2D eigenvalue weighted by Gasteiger charge is 2.33. The molecule has 0 aliphatic carbocycles. The average Bonchev–Trinajstić information content (AvgIpc) is 3.02. The minimum Gasteiger partial charge on any atom is -0.353 e. The number of hydrogen-bond acceptors (Lipinski definition) is 4. The lowest BCUT2D eigenvalue weighted by molar-refractivity contribution is -0.140. The van der Waals surface area contributed by atoms with E-state index in [1.165, 1.54) is 4.88 Å². The van der Waals surface area contributed by atoms with Crippen molar-refractivity contribution < 1.29 is 14.8 Å². The second-order valence-electron chi connectivity index (χ2n) is 6.54. The first-order chi connectivity index (χ1) is 11.4. The van der Waals surface area contributed by atoms with E-state index in [1.807, 2.05) is 38.3 Å². The molecule has 1 aromatic rings. The SMILES string of the molecule is C=CC[C@H](C(=O)NO)[C@@H](CC(C)C)C(=O)N[C@H](C)Cc1cccs1. The van der Waals surface area contributed by atoms with Gasteiger partial charge in [-0.25, -0.2) is 5.48 Å². The lowest BCUT2D eigenvalue weighted by atomic mass is 9.82. The van der Waals surface area contributed by atoms with Crippen LogP contribution in [0.5, 0.6) is 0 Å². The normalized spacial score (nSPS) is 14.7. The molecule has 0 spiro atoms. The summed E-state index contributed by atoms with van der Waals surface area (Å²) in [6, 6.07) is 4.01. The van der Waals surface area contributed by atoms with E-state index in [2.05, 4.69) is 11.9 Å². The molecule has 0 saturated heterocycles. The van der Waals surface area contributed by atoms with Crippen LogP contribution < -0.4 is 10.8 Å². The van der Waals surface area contributed by atoms with E-state index in [9.17, 15) is 9.59 Å². The standard InChI is InChI=1S/C18H28N2O3S/c1-5-7-15(18(22)20-23)16(10-12(2)3)17(21)19-13(4)11-14-8-6-9-24-14/h5-6,8-9,12-13,15-16,23H,1,7,10-11H2,2-4H3,(H,19,21)(H,20,22)/t13-,15+,16-/m1/s1. The average molecular weight is 353 g/mol. The lowest BCUT2D eigenvalue weighted by Crippen LogP contribution is -2.45. The van der Waals surface area contributed by atoms with E-state index in [4.69, 9.17) is 5.21 Å². The molecular formula is C18H28N2O3S. The van der Waals surface area contributed by atoms with Crippen molar-refractivity contribution >= 4 is 23.2 Å². The Morgan fingerprint density at radius 1 is 1.29 bits per heavy atom. The first-order valence-electron chi connectivity index (χ1n) is 8.26. The van der Waals surface area contributed by atoms with Crippen molar-refractivity contribution in [1.82, 2.24) is 10.8 Å². The molecule has 2 amide bonds. The minimum atomic E-state index is -0.621. The van der Waals surface area contributed by atoms with Crippen LogP contribution in [-0.4, -0.2) is 23.1 Å². The van der Waals surface area contributed by atoms with Crippen molar-refractivity contribution in [2.24, 2.45) is 17.8 Å². The van der Waals surface area contributed by atoms with E-state index < -0.39 is 17.7 Å². The van der Waals surface area contributed by atoms with E-state index >= 15 is 0 Å². The number of hydrogen-bond donors (Lipinski definition) is 3. The van der Waals surface area contributed by atoms with Gasteiger partial charge in [0, 0.05) is 17.3 Å². The van der Waals surface area contributed by atoms with Gasteiger partial charge in [0.1, 0.15) is 0 Å². The van der Waals surface area contributed by atoms with Gasteiger partial charge in [0.15, 0.2) is 0 Å². The molecule has 0 bridgehead atoms. The van der Waals surface area contributed by atoms with Crippen LogP contribution >= 0.6 is 11.3 Å². The number of allylic oxidation sites excluding steroid dienone is 1. The Kier molecular flexibility index (Phi) is 8.71. The molecular weight excluding hydrogens is 324 g/mol. The summed E-state index contributed by atoms with van der Waals surface area (Å²) >= 11 is 1.66. The predicted octanol–water partition coefficient (Wildman–Crippen LogP) is 3.16. The van der Waals surface area contributed by atoms with E-state index in [0.717, 1.165) is 6.42 Å². The third kappa shape index (κ3) is 6.45. The van der Waals surface area contributed by atoms with E-state index in [-0.39, 0.29) is 17.9 Å². The molecule has 24 heavy (non-hydrogen) atoms. The molecule has 1 aromatic heterocycles. The van der Waals surface area contributed by atoms with Crippen molar-refractivity contribution in [2.45, 2.75) is 46.1 Å². The summed E-state index contributed by atoms with van der Waals surface area (Å²) in [6.45, 7) is 9.64. The first-order valence-corrected chi connectivity index (χ1v) is 9.14. The summed E-state index contributed by atoms with van der Waals surface area (Å²) < 4.78 is 0. The molecule has 5 nitrogen and oxygen atoms in total. The number of carbonyl (C=O) groups is 2. The van der Waals surface area contributed by atoms with Gasteiger partial charge in [-0.3, -0.25) is 14.8 Å². The predicted molar refractivity (Wildman–Crippen MR) is 96.8 cm³/mol. The molecule has 1 rings (SSSR count). The molecule has 0 aliphatic rings. The van der Waals surface area contributed by atoms with Crippen LogP contribution in [0.1, 0.15) is 38.5 Å². The van der Waals surface area contributed by atoms with Crippen LogP contribution in [0.3, 0.4) is 0 Å². The molecule has 0 unspecified atom stereocenters. The van der Waals surface area contributed by atoms with E-state index in [1.54, 1.807) is 22.9 Å². The zero-order chi connectivity index (χ0) is 18.1. The second kappa shape index (κ2) is 10.3. The first kappa shape index (κ1) is 20.4. The third-order valence-electron chi connectivity index (χ3n) is 3.89. The fraction of sp³-hybridized carbons (Fsp3) is 0.556. The number of thiophene rings is 1. The van der Waals surface area contributed by atoms with Gasteiger partial charge in [-0.2, -0.15) is 0 Å². The molecule has 3 atom stereocenters. The highest BCUT2D eigenvalue weighted by Crippen LogP contribution is 2.25. The molecule has 0 fully saturated rings. The second-order valence-corrected chi connectivity index (χ2v) is 7.57. The molecule has 3 N–H and O–H groups in total. The topological polar surface area (TPSA) is 78.4 Å². The quantitative estimate of drug-likeness (QED) is 0.344. The molecule has 0 aromatic carbocycles. The molecule has 6 heteroatoms. The Morgan fingerprint density at radius 2 is 2.00 bits per heavy atom. The van der Waals surface area contributed by atoms with Crippen molar-refractivity contribution in [2.75, 3.05) is 0 Å². The summed E-state index contributed by atoms with van der Waals surface area (Å²) in [5, 5.41) is 14.0. The van der Waals surface area contributed by atoms with Crippen LogP contribution in [0.15, 0.2) is 30.2 Å². The summed E-state index contributed by atoms with van der Waals surface area (Å²) in [6.07, 6.45) is 3.28. The largest absolute Gasteiger partial charge is 0.353 e. The molecule has 0 saturated carbocycles. The van der Waals surface area contributed by atoms with Gasteiger partial charge in [-0.05, 0) is 37.1 Å². The van der Waals surface area contributed by atoms with Crippen molar-refractivity contribution in [1.29, 1.82) is 0 Å². The summed E-state index contributed by atoms with van der Waals surface area (Å²) in [7, 11) is 0. The maximum atomic E-state index is 12.8. The van der Waals surface area contributed by atoms with Crippen molar-refractivity contribution in [3.63, 3.8) is 0 Å². The Hall–Kier alpha value is -1.66.